The molecule has 1 atom stereocenters. The summed E-state index contributed by atoms with van der Waals surface area (Å²) in [6, 6.07) is 15.1. The lowest BCUT2D eigenvalue weighted by Gasteiger charge is -2.33. The zero-order chi connectivity index (χ0) is 23.0. The van der Waals surface area contributed by atoms with Crippen LogP contribution in [0.25, 0.3) is 0 Å². The molecule has 7 nitrogen and oxygen atoms in total. The second-order valence-electron chi connectivity index (χ2n) is 8.12. The van der Waals surface area contributed by atoms with Crippen LogP contribution in [0.4, 0.5) is 5.69 Å². The first-order chi connectivity index (χ1) is 16.2. The van der Waals surface area contributed by atoms with Gasteiger partial charge in [-0.3, -0.25) is 24.5 Å². The van der Waals surface area contributed by atoms with E-state index >= 15 is 0 Å². The van der Waals surface area contributed by atoms with Crippen LogP contribution in [0, 0.1) is 0 Å². The van der Waals surface area contributed by atoms with Gasteiger partial charge in [0.15, 0.2) is 0 Å². The van der Waals surface area contributed by atoms with Crippen molar-refractivity contribution in [3.63, 3.8) is 0 Å². The molecule has 0 radical (unpaired) electrons. The van der Waals surface area contributed by atoms with E-state index in [2.05, 4.69) is 15.3 Å². The third-order valence-corrected chi connectivity index (χ3v) is 5.92. The molecule has 33 heavy (non-hydrogen) atoms. The summed E-state index contributed by atoms with van der Waals surface area (Å²) in [5, 5.41) is 3.20. The largest absolute Gasteiger partial charge is 0.497 e. The predicted molar refractivity (Wildman–Crippen MR) is 126 cm³/mol. The van der Waals surface area contributed by atoms with Crippen LogP contribution in [0.5, 0.6) is 5.75 Å². The number of carbonyl (C=O) groups excluding carboxylic acids is 2. The summed E-state index contributed by atoms with van der Waals surface area (Å²) < 4.78 is 5.29. The van der Waals surface area contributed by atoms with Crippen LogP contribution in [0.15, 0.2) is 73.2 Å². The minimum atomic E-state index is -0.892. The van der Waals surface area contributed by atoms with Crippen LogP contribution < -0.4 is 15.0 Å². The van der Waals surface area contributed by atoms with Crippen molar-refractivity contribution in [2.45, 2.75) is 44.2 Å². The Balaban J connectivity index is 1.77. The first kappa shape index (κ1) is 22.5. The number of benzene rings is 1. The Hall–Kier alpha value is -3.74. The second-order valence-corrected chi connectivity index (χ2v) is 8.12. The van der Waals surface area contributed by atoms with Crippen LogP contribution in [-0.2, 0) is 4.79 Å². The molecule has 0 aliphatic heterocycles. The summed E-state index contributed by atoms with van der Waals surface area (Å²) in [6.45, 7) is 0. The van der Waals surface area contributed by atoms with Crippen molar-refractivity contribution in [3.8, 4) is 5.75 Å². The van der Waals surface area contributed by atoms with Crippen molar-refractivity contribution in [2.24, 2.45) is 0 Å². The van der Waals surface area contributed by atoms with Crippen LogP contribution in [0.3, 0.4) is 0 Å². The van der Waals surface area contributed by atoms with Crippen LogP contribution in [-0.4, -0.2) is 34.9 Å². The van der Waals surface area contributed by atoms with Gasteiger partial charge in [0.25, 0.3) is 5.91 Å². The number of methoxy groups -OCH3 is 1. The molecule has 4 rings (SSSR count). The SMILES string of the molecule is COc1ccc([C@H](C(=O)NC2CCCCC2)N(C(=O)c2ccccn2)c2cccnc2)cc1. The van der Waals surface area contributed by atoms with Crippen molar-refractivity contribution in [1.29, 1.82) is 0 Å². The summed E-state index contributed by atoms with van der Waals surface area (Å²) in [4.78, 5) is 37.4. The molecule has 2 aromatic heterocycles. The van der Waals surface area contributed by atoms with Crippen molar-refractivity contribution in [1.82, 2.24) is 15.3 Å². The molecule has 1 fully saturated rings. The molecule has 1 aliphatic carbocycles. The lowest BCUT2D eigenvalue weighted by Crippen LogP contribution is -2.47. The van der Waals surface area contributed by atoms with Crippen LogP contribution in [0.2, 0.25) is 0 Å². The van der Waals surface area contributed by atoms with Gasteiger partial charge in [-0.05, 0) is 54.8 Å². The van der Waals surface area contributed by atoms with E-state index in [4.69, 9.17) is 4.74 Å². The molecule has 3 aromatic rings. The number of nitrogens with one attached hydrogen (secondary N) is 1. The normalized spacial score (nSPS) is 14.8. The van der Waals surface area contributed by atoms with Gasteiger partial charge in [-0.25, -0.2) is 0 Å². The minimum Gasteiger partial charge on any atom is -0.497 e. The lowest BCUT2D eigenvalue weighted by atomic mass is 9.94. The third kappa shape index (κ3) is 5.37. The maximum absolute atomic E-state index is 13.7. The summed E-state index contributed by atoms with van der Waals surface area (Å²) in [5.74, 6) is 0.0811. The molecule has 1 saturated carbocycles. The van der Waals surface area contributed by atoms with E-state index in [1.807, 2.05) is 12.1 Å². The molecule has 1 aromatic carbocycles. The van der Waals surface area contributed by atoms with E-state index in [1.54, 1.807) is 68.2 Å². The number of nitrogens with zero attached hydrogens (tertiary/aromatic N) is 3. The Morgan fingerprint density at radius 2 is 1.79 bits per heavy atom. The van der Waals surface area contributed by atoms with Crippen molar-refractivity contribution in [2.75, 3.05) is 12.0 Å². The predicted octanol–water partition coefficient (Wildman–Crippen LogP) is 4.32. The molecule has 0 spiro atoms. The fraction of sp³-hybridized carbons (Fsp3) is 0.308. The van der Waals surface area contributed by atoms with Gasteiger partial charge in [0.1, 0.15) is 17.5 Å². The molecular weight excluding hydrogens is 416 g/mol. The highest BCUT2D eigenvalue weighted by atomic mass is 16.5. The Morgan fingerprint density at radius 3 is 2.42 bits per heavy atom. The molecule has 0 bridgehead atoms. The van der Waals surface area contributed by atoms with Gasteiger partial charge in [-0.15, -0.1) is 0 Å². The average molecular weight is 445 g/mol. The van der Waals surface area contributed by atoms with Gasteiger partial charge in [0, 0.05) is 18.4 Å². The molecule has 2 amide bonds. The molecule has 1 N–H and O–H groups in total. The van der Waals surface area contributed by atoms with Gasteiger partial charge < -0.3 is 10.1 Å². The van der Waals surface area contributed by atoms with E-state index in [9.17, 15) is 9.59 Å². The standard InChI is InChI=1S/C26H28N4O3/c1-33-22-14-12-19(13-15-22)24(25(31)29-20-8-3-2-4-9-20)30(21-10-7-16-27-18-21)26(32)23-11-5-6-17-28-23/h5-7,10-18,20,24H,2-4,8-9H2,1H3,(H,29,31)/t24-/m1/s1. The highest BCUT2D eigenvalue weighted by molar-refractivity contribution is 6.09. The summed E-state index contributed by atoms with van der Waals surface area (Å²) in [5.41, 5.74) is 1.45. The van der Waals surface area contributed by atoms with E-state index in [0.717, 1.165) is 25.7 Å². The van der Waals surface area contributed by atoms with Gasteiger partial charge >= 0.3 is 0 Å². The molecule has 0 saturated heterocycles. The topological polar surface area (TPSA) is 84.4 Å². The third-order valence-electron chi connectivity index (χ3n) is 5.92. The summed E-state index contributed by atoms with van der Waals surface area (Å²) in [7, 11) is 1.59. The zero-order valence-electron chi connectivity index (χ0n) is 18.7. The van der Waals surface area contributed by atoms with Crippen LogP contribution in [0.1, 0.15) is 54.2 Å². The van der Waals surface area contributed by atoms with E-state index in [0.29, 0.717) is 17.0 Å². The number of carbonyl (C=O) groups is 2. The van der Waals surface area contributed by atoms with Gasteiger partial charge in [0.2, 0.25) is 5.91 Å². The van der Waals surface area contributed by atoms with Gasteiger partial charge in [-0.2, -0.15) is 0 Å². The van der Waals surface area contributed by atoms with Crippen molar-refractivity contribution < 1.29 is 14.3 Å². The molecular formula is C26H28N4O3. The Kier molecular flexibility index (Phi) is 7.29. The monoisotopic (exact) mass is 444 g/mol. The highest BCUT2D eigenvalue weighted by Gasteiger charge is 2.35. The Morgan fingerprint density at radius 1 is 1.00 bits per heavy atom. The highest BCUT2D eigenvalue weighted by Crippen LogP contribution is 2.31. The van der Waals surface area contributed by atoms with Crippen LogP contribution >= 0.6 is 0 Å². The summed E-state index contributed by atoms with van der Waals surface area (Å²) >= 11 is 0. The van der Waals surface area contributed by atoms with E-state index in [-0.39, 0.29) is 23.6 Å². The lowest BCUT2D eigenvalue weighted by molar-refractivity contribution is -0.123. The maximum Gasteiger partial charge on any atom is 0.277 e. The number of rotatable bonds is 7. The minimum absolute atomic E-state index is 0.104. The fourth-order valence-corrected chi connectivity index (χ4v) is 4.22. The molecule has 0 unspecified atom stereocenters. The molecule has 2 heterocycles. The van der Waals surface area contributed by atoms with Crippen molar-refractivity contribution in [3.05, 3.63) is 84.4 Å². The number of aromatic nitrogens is 2. The number of pyridine rings is 2. The maximum atomic E-state index is 13.7. The summed E-state index contributed by atoms with van der Waals surface area (Å²) in [6.07, 6.45) is 10.1. The number of anilines is 1. The molecule has 7 heteroatoms. The number of hydrogen-bond donors (Lipinski definition) is 1. The number of hydrogen-bond acceptors (Lipinski definition) is 5. The first-order valence-corrected chi connectivity index (χ1v) is 11.3. The van der Waals surface area contributed by atoms with Crippen molar-refractivity contribution >= 4 is 17.5 Å². The van der Waals surface area contributed by atoms with Gasteiger partial charge in [0.05, 0.1) is 19.0 Å². The average Bonchev–Trinajstić information content (AvgIpc) is 2.88. The van der Waals surface area contributed by atoms with E-state index in [1.165, 1.54) is 11.3 Å². The zero-order valence-corrected chi connectivity index (χ0v) is 18.7. The molecule has 170 valence electrons. The van der Waals surface area contributed by atoms with E-state index < -0.39 is 6.04 Å². The first-order valence-electron chi connectivity index (χ1n) is 11.3. The molecule has 1 aliphatic rings. The Bertz CT molecular complexity index is 1050. The smallest absolute Gasteiger partial charge is 0.277 e. The second kappa shape index (κ2) is 10.7. The fourth-order valence-electron chi connectivity index (χ4n) is 4.22. The van der Waals surface area contributed by atoms with Gasteiger partial charge in [-0.1, -0.05) is 37.5 Å². The number of amides is 2. The number of ether oxygens (including phenoxy) is 1. The quantitative estimate of drug-likeness (QED) is 0.587. The Labute approximate surface area is 193 Å².